The predicted molar refractivity (Wildman–Crippen MR) is 90.1 cm³/mol. The van der Waals surface area contributed by atoms with Gasteiger partial charge in [-0.05, 0) is 31.6 Å². The number of rotatable bonds is 3. The van der Waals surface area contributed by atoms with Crippen LogP contribution >= 0.6 is 24.8 Å². The molecule has 3 rings (SSSR count). The van der Waals surface area contributed by atoms with Crippen molar-refractivity contribution in [1.29, 1.82) is 0 Å². The molecule has 2 N–H and O–H groups in total. The zero-order chi connectivity index (χ0) is 12.5. The highest BCUT2D eigenvalue weighted by Crippen LogP contribution is 2.30. The minimum absolute atomic E-state index is 0. The predicted octanol–water partition coefficient (Wildman–Crippen LogP) is 2.82. The normalized spacial score (nSPS) is 14.5. The van der Waals surface area contributed by atoms with E-state index in [0.29, 0.717) is 0 Å². The van der Waals surface area contributed by atoms with Crippen LogP contribution in [0.25, 0.3) is 10.9 Å². The lowest BCUT2D eigenvalue weighted by Gasteiger charge is -2.24. The number of para-hydroxylation sites is 1. The number of aromatic nitrogens is 1. The van der Waals surface area contributed by atoms with Crippen molar-refractivity contribution >= 4 is 35.7 Å². The molecule has 0 aliphatic carbocycles. The van der Waals surface area contributed by atoms with Gasteiger partial charge in [-0.25, -0.2) is 0 Å². The van der Waals surface area contributed by atoms with Crippen molar-refractivity contribution in [3.05, 3.63) is 35.5 Å². The van der Waals surface area contributed by atoms with Crippen molar-refractivity contribution in [2.45, 2.75) is 25.9 Å². The fourth-order valence-electron chi connectivity index (χ4n) is 3.04. The molecular weight excluding hydrogens is 293 g/mol. The first-order chi connectivity index (χ1) is 8.81. The Bertz CT molecular complexity index is 565. The van der Waals surface area contributed by atoms with Crippen LogP contribution in [0.1, 0.15) is 17.7 Å². The number of halogens is 2. The van der Waals surface area contributed by atoms with Gasteiger partial charge in [-0.15, -0.1) is 24.8 Å². The van der Waals surface area contributed by atoms with E-state index in [1.54, 1.807) is 0 Å². The van der Waals surface area contributed by atoms with Gasteiger partial charge in [0.1, 0.15) is 0 Å². The van der Waals surface area contributed by atoms with Gasteiger partial charge in [-0.3, -0.25) is 0 Å². The summed E-state index contributed by atoms with van der Waals surface area (Å²) in [5.41, 5.74) is 10.1. The number of benzene rings is 1. The molecule has 0 unspecified atom stereocenters. The highest BCUT2D eigenvalue weighted by atomic mass is 35.5. The Labute approximate surface area is 132 Å². The number of aryl methyl sites for hydroxylation is 1. The third-order valence-corrected chi connectivity index (χ3v) is 3.94. The van der Waals surface area contributed by atoms with E-state index < -0.39 is 0 Å². The van der Waals surface area contributed by atoms with Gasteiger partial charge < -0.3 is 15.2 Å². The van der Waals surface area contributed by atoms with Crippen molar-refractivity contribution in [2.24, 2.45) is 5.73 Å². The molecule has 0 atom stereocenters. The Balaban J connectivity index is 0.000001000. The van der Waals surface area contributed by atoms with E-state index >= 15 is 0 Å². The van der Waals surface area contributed by atoms with E-state index in [1.165, 1.54) is 22.2 Å². The van der Waals surface area contributed by atoms with E-state index in [-0.39, 0.29) is 24.8 Å². The highest BCUT2D eigenvalue weighted by molar-refractivity contribution is 5.86. The topological polar surface area (TPSA) is 34.2 Å². The average molecular weight is 316 g/mol. The molecule has 0 bridgehead atoms. The maximum absolute atomic E-state index is 5.67. The van der Waals surface area contributed by atoms with Gasteiger partial charge in [0, 0.05) is 42.7 Å². The summed E-state index contributed by atoms with van der Waals surface area (Å²) in [6, 6.07) is 8.78. The minimum atomic E-state index is 0. The van der Waals surface area contributed by atoms with Gasteiger partial charge in [0.2, 0.25) is 0 Å². The minimum Gasteiger partial charge on any atom is -0.344 e. The second-order valence-electron chi connectivity index (χ2n) is 5.22. The van der Waals surface area contributed by atoms with Crippen LogP contribution in [0.3, 0.4) is 0 Å². The molecule has 112 valence electrons. The lowest BCUT2D eigenvalue weighted by atomic mass is 10.1. The summed E-state index contributed by atoms with van der Waals surface area (Å²) >= 11 is 0. The Morgan fingerprint density at radius 3 is 2.70 bits per heavy atom. The summed E-state index contributed by atoms with van der Waals surface area (Å²) in [5.74, 6) is 0. The Morgan fingerprint density at radius 1 is 1.20 bits per heavy atom. The standard InChI is InChI=1S/C15H21N3.2ClH/c1-17-10-7-15-13(11-17)12-5-2-3-6-14(12)18(15)9-4-8-16;;/h2-3,5-6H,4,7-11,16H2,1H3;2*1H. The number of nitrogens with two attached hydrogens (primary N) is 1. The van der Waals surface area contributed by atoms with Gasteiger partial charge in [-0.2, -0.15) is 0 Å². The number of fused-ring (bicyclic) bond motifs is 3. The second kappa shape index (κ2) is 7.32. The van der Waals surface area contributed by atoms with Crippen molar-refractivity contribution in [1.82, 2.24) is 9.47 Å². The van der Waals surface area contributed by atoms with Crippen LogP contribution in [0, 0.1) is 0 Å². The van der Waals surface area contributed by atoms with Gasteiger partial charge in [0.25, 0.3) is 0 Å². The van der Waals surface area contributed by atoms with Crippen molar-refractivity contribution < 1.29 is 0 Å². The highest BCUT2D eigenvalue weighted by Gasteiger charge is 2.21. The second-order valence-corrected chi connectivity index (χ2v) is 5.22. The average Bonchev–Trinajstić information content (AvgIpc) is 2.70. The summed E-state index contributed by atoms with van der Waals surface area (Å²) in [4.78, 5) is 2.40. The van der Waals surface area contributed by atoms with Gasteiger partial charge in [0.15, 0.2) is 0 Å². The first kappa shape index (κ1) is 17.3. The van der Waals surface area contributed by atoms with Gasteiger partial charge in [0.05, 0.1) is 0 Å². The van der Waals surface area contributed by atoms with E-state index in [2.05, 4.69) is 40.8 Å². The Hall–Kier alpha value is -0.740. The lowest BCUT2D eigenvalue weighted by Crippen LogP contribution is -2.27. The van der Waals surface area contributed by atoms with Crippen molar-refractivity contribution in [3.63, 3.8) is 0 Å². The molecule has 1 aromatic heterocycles. The molecular formula is C15H23Cl2N3. The van der Waals surface area contributed by atoms with Crippen LogP contribution in [-0.2, 0) is 19.5 Å². The van der Waals surface area contributed by atoms with E-state index in [4.69, 9.17) is 5.73 Å². The van der Waals surface area contributed by atoms with Crippen LogP contribution < -0.4 is 5.73 Å². The molecule has 0 radical (unpaired) electrons. The molecule has 0 spiro atoms. The van der Waals surface area contributed by atoms with Crippen molar-refractivity contribution in [2.75, 3.05) is 20.1 Å². The third kappa shape index (κ3) is 2.96. The van der Waals surface area contributed by atoms with Crippen LogP contribution in [0.2, 0.25) is 0 Å². The first-order valence-electron chi connectivity index (χ1n) is 6.79. The zero-order valence-electron chi connectivity index (χ0n) is 11.8. The summed E-state index contributed by atoms with van der Waals surface area (Å²) in [7, 11) is 2.20. The Morgan fingerprint density at radius 2 is 1.95 bits per heavy atom. The maximum Gasteiger partial charge on any atom is 0.0485 e. The third-order valence-electron chi connectivity index (χ3n) is 3.94. The molecule has 1 aliphatic rings. The molecule has 0 saturated heterocycles. The number of hydrogen-bond acceptors (Lipinski definition) is 2. The fourth-order valence-corrected chi connectivity index (χ4v) is 3.04. The van der Waals surface area contributed by atoms with Gasteiger partial charge >= 0.3 is 0 Å². The lowest BCUT2D eigenvalue weighted by molar-refractivity contribution is 0.309. The molecule has 2 heterocycles. The first-order valence-corrected chi connectivity index (χ1v) is 6.79. The molecule has 0 fully saturated rings. The molecule has 3 nitrogen and oxygen atoms in total. The molecule has 5 heteroatoms. The monoisotopic (exact) mass is 315 g/mol. The zero-order valence-corrected chi connectivity index (χ0v) is 13.5. The van der Waals surface area contributed by atoms with Crippen LogP contribution in [-0.4, -0.2) is 29.6 Å². The number of nitrogens with zero attached hydrogens (tertiary/aromatic N) is 2. The van der Waals surface area contributed by atoms with E-state index in [0.717, 1.165) is 39.0 Å². The summed E-state index contributed by atoms with van der Waals surface area (Å²) in [6.07, 6.45) is 2.21. The molecule has 2 aromatic rings. The summed E-state index contributed by atoms with van der Waals surface area (Å²) < 4.78 is 2.49. The Kier molecular flexibility index (Phi) is 6.34. The number of hydrogen-bond donors (Lipinski definition) is 1. The van der Waals surface area contributed by atoms with E-state index in [1.807, 2.05) is 0 Å². The smallest absolute Gasteiger partial charge is 0.0485 e. The molecule has 20 heavy (non-hydrogen) atoms. The molecule has 0 saturated carbocycles. The summed E-state index contributed by atoms with van der Waals surface area (Å²) in [6.45, 7) is 4.05. The SMILES string of the molecule is CN1CCc2c(c3ccccc3n2CCCN)C1.Cl.Cl. The van der Waals surface area contributed by atoms with Crippen LogP contribution in [0.15, 0.2) is 24.3 Å². The molecule has 1 aromatic carbocycles. The quantitative estimate of drug-likeness (QED) is 0.945. The van der Waals surface area contributed by atoms with Crippen molar-refractivity contribution in [3.8, 4) is 0 Å². The number of likely N-dealkylation sites (N-methyl/N-ethyl adjacent to an activating group) is 1. The maximum atomic E-state index is 5.67. The van der Waals surface area contributed by atoms with Gasteiger partial charge in [-0.1, -0.05) is 18.2 Å². The molecule has 1 aliphatic heterocycles. The summed E-state index contributed by atoms with van der Waals surface area (Å²) in [5, 5.41) is 1.43. The van der Waals surface area contributed by atoms with E-state index in [9.17, 15) is 0 Å². The largest absolute Gasteiger partial charge is 0.344 e. The molecule has 0 amide bonds. The van der Waals surface area contributed by atoms with Crippen LogP contribution in [0.5, 0.6) is 0 Å². The fraction of sp³-hybridized carbons (Fsp3) is 0.467. The van der Waals surface area contributed by atoms with Crippen LogP contribution in [0.4, 0.5) is 0 Å².